The van der Waals surface area contributed by atoms with Gasteiger partial charge in [-0.15, -0.1) is 0 Å². The van der Waals surface area contributed by atoms with Gasteiger partial charge in [-0.3, -0.25) is 0 Å². The SMILES string of the molecule is [O-]B([O-])Oc1ccc2c(c1)OCCO2. The van der Waals surface area contributed by atoms with E-state index < -0.39 is 7.32 Å². The smallest absolute Gasteiger partial charge is 0.164 e. The van der Waals surface area contributed by atoms with Crippen molar-refractivity contribution < 1.29 is 24.2 Å². The largest absolute Gasteiger partial charge is 0.860 e. The molecule has 1 heterocycles. The fourth-order valence-corrected chi connectivity index (χ4v) is 1.21. The second-order valence-corrected chi connectivity index (χ2v) is 2.71. The average Bonchev–Trinajstić information content (AvgIpc) is 2.17. The first-order chi connectivity index (χ1) is 6.75. The Hall–Kier alpha value is -1.40. The van der Waals surface area contributed by atoms with Crippen LogP contribution in [0.4, 0.5) is 0 Å². The summed E-state index contributed by atoms with van der Waals surface area (Å²) < 4.78 is 14.9. The monoisotopic (exact) mass is 194 g/mol. The Balaban J connectivity index is 2.20. The van der Waals surface area contributed by atoms with Crippen LogP contribution in [-0.4, -0.2) is 20.5 Å². The van der Waals surface area contributed by atoms with Crippen LogP contribution in [0.3, 0.4) is 0 Å². The van der Waals surface area contributed by atoms with E-state index in [4.69, 9.17) is 9.47 Å². The molecule has 0 radical (unpaired) electrons. The van der Waals surface area contributed by atoms with Gasteiger partial charge in [0.05, 0.1) is 5.75 Å². The third-order valence-corrected chi connectivity index (χ3v) is 1.75. The summed E-state index contributed by atoms with van der Waals surface area (Å²) in [6, 6.07) is 4.57. The maximum atomic E-state index is 10.2. The zero-order chi connectivity index (χ0) is 9.97. The predicted octanol–water partition coefficient (Wildman–Crippen LogP) is -1.46. The second-order valence-electron chi connectivity index (χ2n) is 2.71. The lowest BCUT2D eigenvalue weighted by molar-refractivity contribution is -0.372. The van der Waals surface area contributed by atoms with Crippen molar-refractivity contribution in [3.63, 3.8) is 0 Å². The molecule has 0 bridgehead atoms. The number of fused-ring (bicyclic) bond motifs is 1. The van der Waals surface area contributed by atoms with Crippen molar-refractivity contribution in [2.45, 2.75) is 0 Å². The lowest BCUT2D eigenvalue weighted by atomic mass is 10.2. The van der Waals surface area contributed by atoms with Crippen LogP contribution in [0.25, 0.3) is 0 Å². The summed E-state index contributed by atoms with van der Waals surface area (Å²) in [4.78, 5) is 0. The summed E-state index contributed by atoms with van der Waals surface area (Å²) in [6.07, 6.45) is 0. The van der Waals surface area contributed by atoms with E-state index in [0.717, 1.165) is 0 Å². The minimum Gasteiger partial charge on any atom is -0.860 e. The Morgan fingerprint density at radius 1 is 1.14 bits per heavy atom. The van der Waals surface area contributed by atoms with E-state index >= 15 is 0 Å². The number of benzene rings is 1. The van der Waals surface area contributed by atoms with Crippen molar-refractivity contribution in [2.24, 2.45) is 0 Å². The fraction of sp³-hybridized carbons (Fsp3) is 0.250. The quantitative estimate of drug-likeness (QED) is 0.538. The Kier molecular flexibility index (Phi) is 2.47. The molecule has 14 heavy (non-hydrogen) atoms. The first-order valence-electron chi connectivity index (χ1n) is 4.13. The second kappa shape index (κ2) is 3.77. The van der Waals surface area contributed by atoms with Crippen molar-refractivity contribution in [1.82, 2.24) is 0 Å². The highest BCUT2D eigenvalue weighted by Crippen LogP contribution is 2.33. The maximum Gasteiger partial charge on any atom is 0.164 e. The van der Waals surface area contributed by atoms with Crippen molar-refractivity contribution in [3.05, 3.63) is 18.2 Å². The Morgan fingerprint density at radius 2 is 1.86 bits per heavy atom. The maximum absolute atomic E-state index is 10.2. The fourth-order valence-electron chi connectivity index (χ4n) is 1.21. The molecule has 0 N–H and O–H groups in total. The molecule has 0 fully saturated rings. The van der Waals surface area contributed by atoms with Crippen LogP contribution in [0, 0.1) is 0 Å². The van der Waals surface area contributed by atoms with E-state index in [2.05, 4.69) is 4.65 Å². The van der Waals surface area contributed by atoms with E-state index in [0.29, 0.717) is 24.7 Å². The standard InChI is InChI=1S/C8H7BO5/c10-9(11)14-6-1-2-7-8(5-6)13-4-3-12-7/h1-2,5H,3-4H2/q-2. The van der Waals surface area contributed by atoms with Crippen LogP contribution in [0.2, 0.25) is 0 Å². The van der Waals surface area contributed by atoms with Crippen molar-refractivity contribution >= 4 is 7.32 Å². The molecular formula is C8H7BO5-2. The van der Waals surface area contributed by atoms with Crippen LogP contribution >= 0.6 is 0 Å². The first kappa shape index (κ1) is 9.17. The lowest BCUT2D eigenvalue weighted by Crippen LogP contribution is -2.50. The number of hydrogen-bond donors (Lipinski definition) is 0. The molecule has 6 heteroatoms. The van der Waals surface area contributed by atoms with Crippen molar-refractivity contribution in [1.29, 1.82) is 0 Å². The summed E-state index contributed by atoms with van der Waals surface area (Å²) in [6.45, 7) is 0.952. The van der Waals surface area contributed by atoms with Gasteiger partial charge >= 0.3 is 0 Å². The van der Waals surface area contributed by atoms with E-state index in [-0.39, 0.29) is 5.75 Å². The summed E-state index contributed by atoms with van der Waals surface area (Å²) in [5, 5.41) is 20.4. The molecule has 0 amide bonds. The van der Waals surface area contributed by atoms with Crippen LogP contribution in [-0.2, 0) is 0 Å². The van der Waals surface area contributed by atoms with Gasteiger partial charge in [0.15, 0.2) is 11.5 Å². The minimum atomic E-state index is -2.32. The molecule has 1 aliphatic rings. The highest BCUT2D eigenvalue weighted by atomic mass is 16.6. The van der Waals surface area contributed by atoms with Crippen molar-refractivity contribution in [2.75, 3.05) is 13.2 Å². The highest BCUT2D eigenvalue weighted by molar-refractivity contribution is 6.29. The third kappa shape index (κ3) is 1.91. The van der Waals surface area contributed by atoms with Gasteiger partial charge in [-0.05, 0) is 12.1 Å². The molecule has 1 aromatic carbocycles. The molecular weight excluding hydrogens is 187 g/mol. The zero-order valence-corrected chi connectivity index (χ0v) is 7.26. The van der Waals surface area contributed by atoms with Crippen LogP contribution in [0.15, 0.2) is 18.2 Å². The molecule has 0 saturated heterocycles. The Labute approximate surface area is 81.0 Å². The molecule has 0 saturated carbocycles. The molecule has 5 nitrogen and oxygen atoms in total. The average molecular weight is 194 g/mol. The Morgan fingerprint density at radius 3 is 2.57 bits per heavy atom. The molecule has 0 atom stereocenters. The highest BCUT2D eigenvalue weighted by Gasteiger charge is 2.11. The Bertz CT molecular complexity index is 328. The molecule has 2 rings (SSSR count). The number of rotatable bonds is 2. The van der Waals surface area contributed by atoms with Gasteiger partial charge in [0, 0.05) is 6.07 Å². The van der Waals surface area contributed by atoms with Gasteiger partial charge in [0.1, 0.15) is 20.5 Å². The molecule has 0 spiro atoms. The summed E-state index contributed by atoms with van der Waals surface area (Å²) in [5.41, 5.74) is 0. The molecule has 74 valence electrons. The first-order valence-corrected chi connectivity index (χ1v) is 4.13. The van der Waals surface area contributed by atoms with Gasteiger partial charge in [-0.2, -0.15) is 0 Å². The minimum absolute atomic E-state index is 0.198. The topological polar surface area (TPSA) is 73.8 Å². The van der Waals surface area contributed by atoms with E-state index in [1.54, 1.807) is 6.07 Å². The predicted molar refractivity (Wildman–Crippen MR) is 43.8 cm³/mol. The lowest BCUT2D eigenvalue weighted by Gasteiger charge is -2.27. The van der Waals surface area contributed by atoms with Gasteiger partial charge in [0.25, 0.3) is 0 Å². The number of ether oxygens (including phenoxy) is 2. The number of hydrogen-bond acceptors (Lipinski definition) is 5. The normalized spacial score (nSPS) is 13.6. The summed E-state index contributed by atoms with van der Waals surface area (Å²) in [5.74, 6) is 1.29. The van der Waals surface area contributed by atoms with Crippen LogP contribution < -0.4 is 24.2 Å². The summed E-state index contributed by atoms with van der Waals surface area (Å²) >= 11 is 0. The van der Waals surface area contributed by atoms with Crippen molar-refractivity contribution in [3.8, 4) is 17.2 Å². The van der Waals surface area contributed by atoms with Crippen LogP contribution in [0.5, 0.6) is 17.2 Å². The summed E-state index contributed by atoms with van der Waals surface area (Å²) in [7, 11) is -2.32. The molecule has 0 aromatic heterocycles. The molecule has 0 unspecified atom stereocenters. The van der Waals surface area contributed by atoms with E-state index in [1.165, 1.54) is 12.1 Å². The van der Waals surface area contributed by atoms with Crippen LogP contribution in [0.1, 0.15) is 0 Å². The van der Waals surface area contributed by atoms with E-state index in [1.807, 2.05) is 0 Å². The molecule has 1 aromatic rings. The molecule has 1 aliphatic heterocycles. The third-order valence-electron chi connectivity index (χ3n) is 1.75. The van der Waals surface area contributed by atoms with Gasteiger partial charge in [0.2, 0.25) is 0 Å². The van der Waals surface area contributed by atoms with Gasteiger partial charge in [-0.25, -0.2) is 0 Å². The van der Waals surface area contributed by atoms with Gasteiger partial charge < -0.3 is 24.2 Å². The zero-order valence-electron chi connectivity index (χ0n) is 7.26. The van der Waals surface area contributed by atoms with E-state index in [9.17, 15) is 10.0 Å². The van der Waals surface area contributed by atoms with Gasteiger partial charge in [-0.1, -0.05) is 0 Å². The molecule has 0 aliphatic carbocycles.